The summed E-state index contributed by atoms with van der Waals surface area (Å²) < 4.78 is 19.4. The highest BCUT2D eigenvalue weighted by atomic mass is 16.7. The number of aryl methyl sites for hydroxylation is 1. The third-order valence-electron chi connectivity index (χ3n) is 8.65. The van der Waals surface area contributed by atoms with Crippen LogP contribution in [-0.2, 0) is 18.4 Å². The maximum atomic E-state index is 14.5. The second kappa shape index (κ2) is 12.2. The lowest BCUT2D eigenvalue weighted by molar-refractivity contribution is -0.0179. The number of nitrogens with one attached hydrogen (secondary N) is 1. The Bertz CT molecular complexity index is 1700. The van der Waals surface area contributed by atoms with Gasteiger partial charge < -0.3 is 39.0 Å². The Morgan fingerprint density at radius 3 is 2.66 bits per heavy atom. The Morgan fingerprint density at radius 1 is 1.09 bits per heavy atom. The Balaban J connectivity index is 1.33. The molecule has 4 aromatic rings. The molecule has 3 amide bonds. The number of hydrogen-bond acceptors (Lipinski definition) is 6. The molecule has 0 bridgehead atoms. The van der Waals surface area contributed by atoms with E-state index >= 15 is 0 Å². The average molecular weight is 599 g/mol. The average Bonchev–Trinajstić information content (AvgIpc) is 3.62. The molecule has 2 aliphatic rings. The van der Waals surface area contributed by atoms with Crippen LogP contribution in [0.3, 0.4) is 0 Å². The standard InChI is InChI=1S/C34H38N4O6/c1-21-16-38(22(2)18-39)33(40)32-31(26-11-7-8-12-27(26)37(32)4)25-10-6-5-9-23(25)19-42-30(21)17-36(3)34(41)35-24-13-14-28-29(15-24)44-20-43-28/h5-15,21-22,30,39H,16-20H2,1-4H3,(H,35,41)/t21-,22-,30+/m0/s1. The van der Waals surface area contributed by atoms with E-state index in [0.717, 1.165) is 27.6 Å². The number of urea groups is 1. The van der Waals surface area contributed by atoms with E-state index in [-0.39, 0.29) is 37.8 Å². The van der Waals surface area contributed by atoms with Crippen molar-refractivity contribution in [3.8, 4) is 22.6 Å². The van der Waals surface area contributed by atoms with Crippen molar-refractivity contribution in [2.45, 2.75) is 32.6 Å². The van der Waals surface area contributed by atoms with E-state index in [1.165, 1.54) is 0 Å². The minimum Gasteiger partial charge on any atom is -0.454 e. The number of rotatable bonds is 5. The summed E-state index contributed by atoms with van der Waals surface area (Å²) in [5.74, 6) is 0.900. The Labute approximate surface area is 256 Å². The summed E-state index contributed by atoms with van der Waals surface area (Å²) in [5.41, 5.74) is 4.85. The maximum absolute atomic E-state index is 14.5. The number of hydrogen-bond donors (Lipinski definition) is 2. The summed E-state index contributed by atoms with van der Waals surface area (Å²) >= 11 is 0. The van der Waals surface area contributed by atoms with Crippen LogP contribution >= 0.6 is 0 Å². The fourth-order valence-electron chi connectivity index (χ4n) is 6.07. The number of para-hydroxylation sites is 1. The number of aliphatic hydroxyl groups is 1. The molecular weight excluding hydrogens is 560 g/mol. The molecule has 2 N–H and O–H groups in total. The molecule has 0 spiro atoms. The van der Waals surface area contributed by atoms with Gasteiger partial charge >= 0.3 is 6.03 Å². The number of amides is 3. The number of likely N-dealkylation sites (N-methyl/N-ethyl adjacent to an activating group) is 1. The second-order valence-corrected chi connectivity index (χ2v) is 11.7. The fourth-order valence-corrected chi connectivity index (χ4v) is 6.07. The molecule has 0 aliphatic carbocycles. The first-order valence-electron chi connectivity index (χ1n) is 14.9. The molecule has 6 rings (SSSR count). The molecular formula is C34H38N4O6. The smallest absolute Gasteiger partial charge is 0.321 e. The number of aromatic nitrogens is 1. The molecule has 44 heavy (non-hydrogen) atoms. The van der Waals surface area contributed by atoms with Crippen LogP contribution in [0.15, 0.2) is 66.7 Å². The first kappa shape index (κ1) is 29.5. The lowest BCUT2D eigenvalue weighted by atomic mass is 9.96. The number of fused-ring (bicyclic) bond motifs is 6. The van der Waals surface area contributed by atoms with Crippen LogP contribution in [0.1, 0.15) is 29.9 Å². The third-order valence-corrected chi connectivity index (χ3v) is 8.65. The number of aliphatic hydroxyl groups excluding tert-OH is 1. The molecule has 0 saturated carbocycles. The van der Waals surface area contributed by atoms with Gasteiger partial charge in [0.05, 0.1) is 25.4 Å². The van der Waals surface area contributed by atoms with E-state index in [0.29, 0.717) is 36.0 Å². The van der Waals surface area contributed by atoms with Crippen molar-refractivity contribution in [2.75, 3.05) is 38.9 Å². The summed E-state index contributed by atoms with van der Waals surface area (Å²) in [6.45, 7) is 4.76. The van der Waals surface area contributed by atoms with Gasteiger partial charge in [-0.05, 0) is 36.2 Å². The molecule has 0 fully saturated rings. The van der Waals surface area contributed by atoms with Crippen molar-refractivity contribution in [3.05, 3.63) is 78.0 Å². The fraction of sp³-hybridized carbons (Fsp3) is 0.353. The van der Waals surface area contributed by atoms with E-state index in [9.17, 15) is 14.7 Å². The zero-order chi connectivity index (χ0) is 31.0. The lowest BCUT2D eigenvalue weighted by Gasteiger charge is -2.35. The van der Waals surface area contributed by atoms with E-state index in [4.69, 9.17) is 14.2 Å². The van der Waals surface area contributed by atoms with Crippen LogP contribution in [0.2, 0.25) is 0 Å². The zero-order valence-corrected chi connectivity index (χ0v) is 25.4. The van der Waals surface area contributed by atoms with E-state index < -0.39 is 12.1 Å². The van der Waals surface area contributed by atoms with E-state index in [1.807, 2.05) is 74.0 Å². The molecule has 230 valence electrons. The van der Waals surface area contributed by atoms with Crippen molar-refractivity contribution in [2.24, 2.45) is 13.0 Å². The van der Waals surface area contributed by atoms with Crippen molar-refractivity contribution < 1.29 is 28.9 Å². The summed E-state index contributed by atoms with van der Waals surface area (Å²) in [5, 5.41) is 14.1. The molecule has 0 saturated heterocycles. The molecule has 3 atom stereocenters. The molecule has 1 aromatic heterocycles. The maximum Gasteiger partial charge on any atom is 0.321 e. The first-order chi connectivity index (χ1) is 21.3. The van der Waals surface area contributed by atoms with Gasteiger partial charge in [0.2, 0.25) is 6.79 Å². The minimum absolute atomic E-state index is 0.155. The number of ether oxygens (including phenoxy) is 3. The summed E-state index contributed by atoms with van der Waals surface area (Å²) in [4.78, 5) is 31.1. The monoisotopic (exact) mass is 598 g/mol. The van der Waals surface area contributed by atoms with Crippen LogP contribution in [0.5, 0.6) is 11.5 Å². The van der Waals surface area contributed by atoms with Gasteiger partial charge in [0.25, 0.3) is 5.91 Å². The molecule has 0 radical (unpaired) electrons. The van der Waals surface area contributed by atoms with E-state index in [2.05, 4.69) is 5.32 Å². The van der Waals surface area contributed by atoms with Crippen LogP contribution in [0.25, 0.3) is 22.0 Å². The quantitative estimate of drug-likeness (QED) is 0.332. The van der Waals surface area contributed by atoms with Crippen LogP contribution in [0.4, 0.5) is 10.5 Å². The molecule has 3 aromatic carbocycles. The molecule has 2 aliphatic heterocycles. The van der Waals surface area contributed by atoms with Crippen LogP contribution < -0.4 is 14.8 Å². The van der Waals surface area contributed by atoms with Gasteiger partial charge in [-0.1, -0.05) is 49.4 Å². The van der Waals surface area contributed by atoms with Crippen molar-refractivity contribution in [1.82, 2.24) is 14.4 Å². The van der Waals surface area contributed by atoms with Crippen molar-refractivity contribution in [1.29, 1.82) is 0 Å². The van der Waals surface area contributed by atoms with E-state index in [1.54, 1.807) is 35.0 Å². The predicted molar refractivity (Wildman–Crippen MR) is 168 cm³/mol. The second-order valence-electron chi connectivity index (χ2n) is 11.7. The molecule has 10 nitrogen and oxygen atoms in total. The highest BCUT2D eigenvalue weighted by Gasteiger charge is 2.34. The van der Waals surface area contributed by atoms with Gasteiger partial charge in [0.15, 0.2) is 11.5 Å². The SMILES string of the molecule is C[C@H]1CN([C@@H](C)CO)C(=O)c2c(c3ccccc3n2C)-c2ccccc2CO[C@@H]1CN(C)C(=O)Nc1ccc2c(c1)OCO2. The van der Waals surface area contributed by atoms with Gasteiger partial charge in [-0.3, -0.25) is 4.79 Å². The first-order valence-corrected chi connectivity index (χ1v) is 14.9. The largest absolute Gasteiger partial charge is 0.454 e. The Morgan fingerprint density at radius 2 is 1.84 bits per heavy atom. The number of benzene rings is 3. The Hall–Kier alpha value is -4.54. The summed E-state index contributed by atoms with van der Waals surface area (Å²) in [6.07, 6.45) is -0.408. The van der Waals surface area contributed by atoms with Gasteiger partial charge in [0.1, 0.15) is 5.69 Å². The minimum atomic E-state index is -0.431. The van der Waals surface area contributed by atoms with Crippen molar-refractivity contribution >= 4 is 28.5 Å². The number of anilines is 1. The number of carbonyl (C=O) groups is 2. The molecule has 3 heterocycles. The highest BCUT2D eigenvalue weighted by molar-refractivity contribution is 6.10. The Kier molecular flexibility index (Phi) is 8.20. The lowest BCUT2D eigenvalue weighted by Crippen LogP contribution is -2.48. The normalized spacial score (nSPS) is 18.8. The third kappa shape index (κ3) is 5.46. The van der Waals surface area contributed by atoms with Gasteiger partial charge in [0, 0.05) is 61.3 Å². The van der Waals surface area contributed by atoms with Gasteiger partial charge in [-0.2, -0.15) is 0 Å². The molecule has 0 unspecified atom stereocenters. The van der Waals surface area contributed by atoms with Crippen molar-refractivity contribution in [3.63, 3.8) is 0 Å². The number of carbonyl (C=O) groups excluding carboxylic acids is 2. The number of nitrogens with zero attached hydrogens (tertiary/aromatic N) is 3. The molecule has 10 heteroatoms. The zero-order valence-electron chi connectivity index (χ0n) is 25.4. The van der Waals surface area contributed by atoms with Crippen LogP contribution in [0, 0.1) is 5.92 Å². The summed E-state index contributed by atoms with van der Waals surface area (Å²) in [7, 11) is 3.64. The van der Waals surface area contributed by atoms with Crippen LogP contribution in [-0.4, -0.2) is 77.1 Å². The summed E-state index contributed by atoms with van der Waals surface area (Å²) in [6, 6.07) is 20.5. The predicted octanol–water partition coefficient (Wildman–Crippen LogP) is 5.10. The topological polar surface area (TPSA) is 106 Å². The van der Waals surface area contributed by atoms with Gasteiger partial charge in [-0.25, -0.2) is 4.79 Å². The highest BCUT2D eigenvalue weighted by Crippen LogP contribution is 2.38. The van der Waals surface area contributed by atoms with Gasteiger partial charge in [-0.15, -0.1) is 0 Å².